The van der Waals surface area contributed by atoms with Gasteiger partial charge in [0.05, 0.1) is 7.11 Å². The molecule has 0 fully saturated rings. The number of nitrogens with one attached hydrogen (secondary N) is 1. The normalized spacial score (nSPS) is 10.0. The van der Waals surface area contributed by atoms with Crippen LogP contribution in [0.4, 0.5) is 0 Å². The largest absolute Gasteiger partial charge is 0.504 e. The van der Waals surface area contributed by atoms with Crippen LogP contribution in [0.2, 0.25) is 0 Å². The molecule has 0 unspecified atom stereocenters. The fourth-order valence-corrected chi connectivity index (χ4v) is 1.50. The summed E-state index contributed by atoms with van der Waals surface area (Å²) in [6, 6.07) is 4.57. The Kier molecular flexibility index (Phi) is 5.33. The van der Waals surface area contributed by atoms with Gasteiger partial charge in [0.15, 0.2) is 11.5 Å². The van der Waals surface area contributed by atoms with Crippen LogP contribution in [0, 0.1) is 0 Å². The van der Waals surface area contributed by atoms with E-state index in [4.69, 9.17) is 4.74 Å². The Labute approximate surface area is 102 Å². The van der Waals surface area contributed by atoms with E-state index in [1.54, 1.807) is 6.07 Å². The van der Waals surface area contributed by atoms with E-state index in [9.17, 15) is 9.90 Å². The molecule has 0 aromatic heterocycles. The number of carbonyl (C=O) groups is 1. The molecular formula is C13H19NO3. The molecule has 1 aromatic carbocycles. The number of carbonyl (C=O) groups excluding carboxylic acids is 1. The number of ether oxygens (including phenoxy) is 1. The third-order valence-corrected chi connectivity index (χ3v) is 2.51. The molecule has 4 heteroatoms. The molecule has 0 radical (unpaired) electrons. The quantitative estimate of drug-likeness (QED) is 0.746. The summed E-state index contributed by atoms with van der Waals surface area (Å²) >= 11 is 0. The van der Waals surface area contributed by atoms with Crippen LogP contribution in [-0.2, 0) is 0 Å². The predicted octanol–water partition coefficient (Wildman–Crippen LogP) is 2.32. The summed E-state index contributed by atoms with van der Waals surface area (Å²) in [5.74, 6) is 0.209. The van der Waals surface area contributed by atoms with Crippen molar-refractivity contribution in [1.82, 2.24) is 5.32 Å². The van der Waals surface area contributed by atoms with Crippen molar-refractivity contribution in [3.8, 4) is 11.5 Å². The molecule has 1 amide bonds. The molecule has 0 bridgehead atoms. The zero-order chi connectivity index (χ0) is 12.7. The lowest BCUT2D eigenvalue weighted by atomic mass is 10.2. The van der Waals surface area contributed by atoms with Gasteiger partial charge in [-0.2, -0.15) is 0 Å². The molecule has 2 N–H and O–H groups in total. The summed E-state index contributed by atoms with van der Waals surface area (Å²) in [5, 5.41) is 12.2. The van der Waals surface area contributed by atoms with E-state index < -0.39 is 0 Å². The number of hydrogen-bond acceptors (Lipinski definition) is 3. The van der Waals surface area contributed by atoms with Crippen molar-refractivity contribution >= 4 is 5.91 Å². The summed E-state index contributed by atoms with van der Waals surface area (Å²) in [4.78, 5) is 11.7. The van der Waals surface area contributed by atoms with Crippen LogP contribution in [0.25, 0.3) is 0 Å². The molecule has 4 nitrogen and oxygen atoms in total. The Balaban J connectivity index is 2.57. The van der Waals surface area contributed by atoms with Crippen LogP contribution < -0.4 is 10.1 Å². The summed E-state index contributed by atoms with van der Waals surface area (Å²) in [5.41, 5.74) is 0.496. The van der Waals surface area contributed by atoms with Crippen LogP contribution in [0.15, 0.2) is 18.2 Å². The maximum absolute atomic E-state index is 11.7. The zero-order valence-electron chi connectivity index (χ0n) is 10.3. The highest BCUT2D eigenvalue weighted by Crippen LogP contribution is 2.26. The second-order valence-electron chi connectivity index (χ2n) is 3.85. The molecule has 0 heterocycles. The van der Waals surface area contributed by atoms with Gasteiger partial charge >= 0.3 is 0 Å². The van der Waals surface area contributed by atoms with Gasteiger partial charge in [-0.15, -0.1) is 0 Å². The van der Waals surface area contributed by atoms with E-state index in [1.807, 2.05) is 0 Å². The number of hydrogen-bond donors (Lipinski definition) is 2. The standard InChI is InChI=1S/C13H19NO3/c1-3-4-5-8-14-13(16)10-6-7-11(15)12(9-10)17-2/h6-7,9,15H,3-5,8H2,1-2H3,(H,14,16). The van der Waals surface area contributed by atoms with Gasteiger partial charge in [-0.25, -0.2) is 0 Å². The Morgan fingerprint density at radius 2 is 2.18 bits per heavy atom. The first-order valence-corrected chi connectivity index (χ1v) is 5.84. The van der Waals surface area contributed by atoms with Crippen molar-refractivity contribution in [2.45, 2.75) is 26.2 Å². The average Bonchev–Trinajstić information content (AvgIpc) is 2.35. The Bertz CT molecular complexity index is 377. The third-order valence-electron chi connectivity index (χ3n) is 2.51. The van der Waals surface area contributed by atoms with Crippen LogP contribution in [0.3, 0.4) is 0 Å². The molecule has 0 aliphatic heterocycles. The Morgan fingerprint density at radius 3 is 2.82 bits per heavy atom. The van der Waals surface area contributed by atoms with E-state index in [2.05, 4.69) is 12.2 Å². The number of rotatable bonds is 6. The summed E-state index contributed by atoms with van der Waals surface area (Å²) in [6.07, 6.45) is 3.22. The molecular weight excluding hydrogens is 218 g/mol. The number of benzene rings is 1. The summed E-state index contributed by atoms with van der Waals surface area (Å²) in [7, 11) is 1.46. The van der Waals surface area contributed by atoms with Crippen molar-refractivity contribution in [1.29, 1.82) is 0 Å². The van der Waals surface area contributed by atoms with Crippen molar-refractivity contribution in [3.05, 3.63) is 23.8 Å². The highest BCUT2D eigenvalue weighted by Gasteiger charge is 2.08. The van der Waals surface area contributed by atoms with Crippen molar-refractivity contribution in [3.63, 3.8) is 0 Å². The maximum Gasteiger partial charge on any atom is 0.251 e. The van der Waals surface area contributed by atoms with Gasteiger partial charge in [-0.3, -0.25) is 4.79 Å². The second kappa shape index (κ2) is 6.78. The minimum absolute atomic E-state index is 0.0371. The maximum atomic E-state index is 11.7. The Morgan fingerprint density at radius 1 is 1.41 bits per heavy atom. The van der Waals surface area contributed by atoms with E-state index in [0.717, 1.165) is 19.3 Å². The van der Waals surface area contributed by atoms with Crippen LogP contribution in [-0.4, -0.2) is 24.7 Å². The number of methoxy groups -OCH3 is 1. The molecule has 1 aromatic rings. The molecule has 0 atom stereocenters. The van der Waals surface area contributed by atoms with Crippen molar-refractivity contribution in [2.75, 3.05) is 13.7 Å². The van der Waals surface area contributed by atoms with Crippen LogP contribution in [0.1, 0.15) is 36.5 Å². The van der Waals surface area contributed by atoms with Crippen molar-refractivity contribution < 1.29 is 14.6 Å². The first-order valence-electron chi connectivity index (χ1n) is 5.84. The number of phenolic OH excluding ortho intramolecular Hbond substituents is 1. The number of aromatic hydroxyl groups is 1. The molecule has 0 aliphatic rings. The molecule has 94 valence electrons. The fraction of sp³-hybridized carbons (Fsp3) is 0.462. The lowest BCUT2D eigenvalue weighted by Gasteiger charge is -2.07. The molecule has 17 heavy (non-hydrogen) atoms. The minimum atomic E-state index is -0.139. The van der Waals surface area contributed by atoms with Gasteiger partial charge in [0.1, 0.15) is 0 Å². The van der Waals surface area contributed by atoms with E-state index in [0.29, 0.717) is 17.9 Å². The van der Waals surface area contributed by atoms with Gasteiger partial charge < -0.3 is 15.2 Å². The SMILES string of the molecule is CCCCCNC(=O)c1ccc(O)c(OC)c1. The monoisotopic (exact) mass is 237 g/mol. The van der Waals surface area contributed by atoms with Crippen LogP contribution in [0.5, 0.6) is 11.5 Å². The second-order valence-corrected chi connectivity index (χ2v) is 3.85. The predicted molar refractivity (Wildman–Crippen MR) is 66.5 cm³/mol. The van der Waals surface area contributed by atoms with Crippen molar-refractivity contribution in [2.24, 2.45) is 0 Å². The molecule has 0 saturated heterocycles. The van der Waals surface area contributed by atoms with Gasteiger partial charge in [-0.1, -0.05) is 19.8 Å². The van der Waals surface area contributed by atoms with Gasteiger partial charge in [0.25, 0.3) is 5.91 Å². The average molecular weight is 237 g/mol. The highest BCUT2D eigenvalue weighted by atomic mass is 16.5. The fourth-order valence-electron chi connectivity index (χ4n) is 1.50. The molecule has 0 spiro atoms. The lowest BCUT2D eigenvalue weighted by molar-refractivity contribution is 0.0952. The summed E-state index contributed by atoms with van der Waals surface area (Å²) < 4.78 is 4.95. The molecule has 1 rings (SSSR count). The van der Waals surface area contributed by atoms with Gasteiger partial charge in [0.2, 0.25) is 0 Å². The number of unbranched alkanes of at least 4 members (excludes halogenated alkanes) is 2. The topological polar surface area (TPSA) is 58.6 Å². The molecule has 0 saturated carbocycles. The third kappa shape index (κ3) is 3.98. The number of amides is 1. The molecule has 0 aliphatic carbocycles. The first kappa shape index (κ1) is 13.4. The lowest BCUT2D eigenvalue weighted by Crippen LogP contribution is -2.24. The minimum Gasteiger partial charge on any atom is -0.504 e. The number of phenols is 1. The zero-order valence-corrected chi connectivity index (χ0v) is 10.3. The summed E-state index contributed by atoms with van der Waals surface area (Å²) in [6.45, 7) is 2.79. The first-order chi connectivity index (χ1) is 8.19. The smallest absolute Gasteiger partial charge is 0.251 e. The van der Waals surface area contributed by atoms with E-state index in [-0.39, 0.29) is 11.7 Å². The van der Waals surface area contributed by atoms with Gasteiger partial charge in [-0.05, 0) is 24.6 Å². The van der Waals surface area contributed by atoms with Crippen LogP contribution >= 0.6 is 0 Å². The Hall–Kier alpha value is -1.71. The van der Waals surface area contributed by atoms with E-state index >= 15 is 0 Å². The van der Waals surface area contributed by atoms with E-state index in [1.165, 1.54) is 19.2 Å². The van der Waals surface area contributed by atoms with Gasteiger partial charge in [0, 0.05) is 12.1 Å². The highest BCUT2D eigenvalue weighted by molar-refractivity contribution is 5.94.